The summed E-state index contributed by atoms with van der Waals surface area (Å²) in [6.07, 6.45) is 1.51. The molecule has 0 bridgehead atoms. The summed E-state index contributed by atoms with van der Waals surface area (Å²) in [5.74, 6) is -0.965. The Kier molecular flexibility index (Phi) is 6.45. The number of amides is 1. The van der Waals surface area contributed by atoms with Crippen molar-refractivity contribution in [2.75, 3.05) is 6.61 Å². The highest BCUT2D eigenvalue weighted by Gasteiger charge is 2.30. The second kappa shape index (κ2) is 9.19. The highest BCUT2D eigenvalue weighted by atomic mass is 16.5. The van der Waals surface area contributed by atoms with Gasteiger partial charge in [-0.2, -0.15) is 0 Å². The summed E-state index contributed by atoms with van der Waals surface area (Å²) >= 11 is 0. The highest BCUT2D eigenvalue weighted by molar-refractivity contribution is 5.88. The van der Waals surface area contributed by atoms with Crippen LogP contribution in [-0.4, -0.2) is 35.7 Å². The largest absolute Gasteiger partial charge is 0.480 e. The lowest BCUT2D eigenvalue weighted by molar-refractivity contribution is -0.145. The predicted molar refractivity (Wildman–Crippen MR) is 104 cm³/mol. The smallest absolute Gasteiger partial charge is 0.328 e. The van der Waals surface area contributed by atoms with E-state index in [1.807, 2.05) is 67.6 Å². The monoisotopic (exact) mass is 381 g/mol. The third-order valence-electron chi connectivity index (χ3n) is 4.50. The van der Waals surface area contributed by atoms with Gasteiger partial charge in [-0.1, -0.05) is 54.6 Å². The van der Waals surface area contributed by atoms with Crippen LogP contribution in [0.1, 0.15) is 23.1 Å². The van der Waals surface area contributed by atoms with E-state index >= 15 is 0 Å². The van der Waals surface area contributed by atoms with Gasteiger partial charge >= 0.3 is 5.97 Å². The fourth-order valence-corrected chi connectivity index (χ4v) is 2.96. The first kappa shape index (κ1) is 19.6. The van der Waals surface area contributed by atoms with Crippen molar-refractivity contribution in [2.45, 2.75) is 32.1 Å². The summed E-state index contributed by atoms with van der Waals surface area (Å²) < 4.78 is 11.2. The third-order valence-corrected chi connectivity index (χ3v) is 4.50. The molecule has 0 saturated heterocycles. The molecule has 0 saturated carbocycles. The Morgan fingerprint density at radius 3 is 2.61 bits per heavy atom. The van der Waals surface area contributed by atoms with Crippen LogP contribution in [0.4, 0.5) is 0 Å². The van der Waals surface area contributed by atoms with E-state index in [1.165, 1.54) is 0 Å². The lowest BCUT2D eigenvalue weighted by Crippen LogP contribution is -2.47. The average Bonchev–Trinajstić information content (AvgIpc) is 3.18. The zero-order valence-corrected chi connectivity index (χ0v) is 15.6. The zero-order valence-electron chi connectivity index (χ0n) is 15.6. The molecular formula is C22H23NO5. The molecule has 0 aromatic heterocycles. The quantitative estimate of drug-likeness (QED) is 0.734. The molecule has 2 N–H and O–H groups in total. The summed E-state index contributed by atoms with van der Waals surface area (Å²) in [5, 5.41) is 11.9. The number of carbonyl (C=O) groups excluding carboxylic acids is 1. The Morgan fingerprint density at radius 2 is 1.89 bits per heavy atom. The molecule has 1 aliphatic rings. The van der Waals surface area contributed by atoms with Crippen molar-refractivity contribution in [3.63, 3.8) is 0 Å². The second-order valence-electron chi connectivity index (χ2n) is 6.63. The Balaban J connectivity index is 1.52. The molecule has 1 amide bonds. The summed E-state index contributed by atoms with van der Waals surface area (Å²) in [6.45, 7) is 2.12. The van der Waals surface area contributed by atoms with Gasteiger partial charge in [-0.25, -0.2) is 4.79 Å². The van der Waals surface area contributed by atoms with Gasteiger partial charge in [0.25, 0.3) is 5.91 Å². The van der Waals surface area contributed by atoms with Crippen LogP contribution in [-0.2, 0) is 25.7 Å². The fourth-order valence-electron chi connectivity index (χ4n) is 2.96. The second-order valence-corrected chi connectivity index (χ2v) is 6.63. The first-order valence-corrected chi connectivity index (χ1v) is 9.12. The molecule has 2 atom stereocenters. The summed E-state index contributed by atoms with van der Waals surface area (Å²) in [7, 11) is 0. The molecule has 1 aliphatic heterocycles. The molecule has 0 radical (unpaired) electrons. The normalized spacial score (nSPS) is 16.8. The number of ether oxygens (including phenoxy) is 2. The van der Waals surface area contributed by atoms with Gasteiger partial charge in [-0.05, 0) is 24.1 Å². The number of hydrogen-bond donors (Lipinski definition) is 2. The minimum absolute atomic E-state index is 0.124. The molecular weight excluding hydrogens is 358 g/mol. The van der Waals surface area contributed by atoms with E-state index in [0.717, 1.165) is 16.7 Å². The maximum atomic E-state index is 12.5. The number of carbonyl (C=O) groups is 2. The van der Waals surface area contributed by atoms with Gasteiger partial charge in [-0.15, -0.1) is 0 Å². The third kappa shape index (κ3) is 4.98. The molecule has 1 heterocycles. The Bertz CT molecular complexity index is 862. The van der Waals surface area contributed by atoms with Crippen molar-refractivity contribution in [2.24, 2.45) is 0 Å². The number of hydrogen-bond acceptors (Lipinski definition) is 4. The first-order chi connectivity index (χ1) is 13.5. The summed E-state index contributed by atoms with van der Waals surface area (Å²) in [6, 6.07) is 16.0. The average molecular weight is 381 g/mol. The lowest BCUT2D eigenvalue weighted by atomic mass is 10.1. The fraction of sp³-hybridized carbons (Fsp3) is 0.273. The van der Waals surface area contributed by atoms with Crippen LogP contribution < -0.4 is 5.32 Å². The van der Waals surface area contributed by atoms with Crippen molar-refractivity contribution >= 4 is 17.6 Å². The van der Waals surface area contributed by atoms with E-state index in [9.17, 15) is 14.7 Å². The SMILES string of the molecule is Cc1ccccc1C1=CCC(C(=O)N[C@@H](COCc2ccccc2)C(=O)O)O1. The topological polar surface area (TPSA) is 84.9 Å². The van der Waals surface area contributed by atoms with Crippen LogP contribution >= 0.6 is 0 Å². The van der Waals surface area contributed by atoms with Crippen molar-refractivity contribution in [1.82, 2.24) is 5.32 Å². The summed E-state index contributed by atoms with van der Waals surface area (Å²) in [5.41, 5.74) is 2.91. The molecule has 0 aliphatic carbocycles. The van der Waals surface area contributed by atoms with Crippen LogP contribution in [0.2, 0.25) is 0 Å². The molecule has 6 heteroatoms. The van der Waals surface area contributed by atoms with E-state index in [0.29, 0.717) is 12.2 Å². The molecule has 6 nitrogen and oxygen atoms in total. The van der Waals surface area contributed by atoms with E-state index in [2.05, 4.69) is 5.32 Å². The number of benzene rings is 2. The standard InChI is InChI=1S/C22H23NO5/c1-15-7-5-6-10-17(15)19-11-12-20(28-19)21(24)23-18(22(25)26)14-27-13-16-8-3-2-4-9-16/h2-11,18,20H,12-14H2,1H3,(H,23,24)(H,25,26)/t18-,20?/m0/s1. The van der Waals surface area contributed by atoms with Crippen LogP contribution in [0.25, 0.3) is 5.76 Å². The zero-order chi connectivity index (χ0) is 19.9. The molecule has 146 valence electrons. The van der Waals surface area contributed by atoms with Crippen molar-refractivity contribution in [3.8, 4) is 0 Å². The number of carboxylic acids is 1. The molecule has 2 aromatic carbocycles. The van der Waals surface area contributed by atoms with Crippen molar-refractivity contribution in [1.29, 1.82) is 0 Å². The Hall–Kier alpha value is -3.12. The minimum Gasteiger partial charge on any atom is -0.480 e. The van der Waals surface area contributed by atoms with Gasteiger partial charge in [-0.3, -0.25) is 4.79 Å². The Labute approximate surface area is 163 Å². The molecule has 3 rings (SSSR count). The van der Waals surface area contributed by atoms with Crippen LogP contribution in [0.3, 0.4) is 0 Å². The van der Waals surface area contributed by atoms with Crippen LogP contribution in [0, 0.1) is 6.92 Å². The lowest BCUT2D eigenvalue weighted by Gasteiger charge is -2.19. The van der Waals surface area contributed by atoms with E-state index < -0.39 is 24.0 Å². The van der Waals surface area contributed by atoms with Crippen molar-refractivity contribution < 1.29 is 24.2 Å². The van der Waals surface area contributed by atoms with Crippen LogP contribution in [0.5, 0.6) is 0 Å². The number of aliphatic carboxylic acids is 1. The van der Waals surface area contributed by atoms with Gasteiger partial charge in [0.2, 0.25) is 0 Å². The maximum absolute atomic E-state index is 12.5. The van der Waals surface area contributed by atoms with Gasteiger partial charge in [0.05, 0.1) is 13.2 Å². The van der Waals surface area contributed by atoms with Crippen molar-refractivity contribution in [3.05, 3.63) is 77.4 Å². The predicted octanol–water partition coefficient (Wildman–Crippen LogP) is 2.91. The molecule has 0 fully saturated rings. The Morgan fingerprint density at radius 1 is 1.18 bits per heavy atom. The number of carboxylic acid groups (broad SMARTS) is 1. The van der Waals surface area contributed by atoms with Gasteiger partial charge < -0.3 is 19.9 Å². The molecule has 28 heavy (non-hydrogen) atoms. The van der Waals surface area contributed by atoms with Gasteiger partial charge in [0, 0.05) is 12.0 Å². The maximum Gasteiger partial charge on any atom is 0.328 e. The number of rotatable bonds is 8. The molecule has 0 spiro atoms. The summed E-state index contributed by atoms with van der Waals surface area (Å²) in [4.78, 5) is 23.9. The van der Waals surface area contributed by atoms with E-state index in [4.69, 9.17) is 9.47 Å². The highest BCUT2D eigenvalue weighted by Crippen LogP contribution is 2.28. The van der Waals surface area contributed by atoms with E-state index in [-0.39, 0.29) is 13.2 Å². The van der Waals surface area contributed by atoms with Gasteiger partial charge in [0.15, 0.2) is 12.1 Å². The molecule has 2 aromatic rings. The first-order valence-electron chi connectivity index (χ1n) is 9.12. The minimum atomic E-state index is -1.15. The number of nitrogens with one attached hydrogen (secondary N) is 1. The molecule has 1 unspecified atom stereocenters. The van der Waals surface area contributed by atoms with Gasteiger partial charge in [0.1, 0.15) is 5.76 Å². The van der Waals surface area contributed by atoms with Crippen LogP contribution in [0.15, 0.2) is 60.7 Å². The van der Waals surface area contributed by atoms with E-state index in [1.54, 1.807) is 0 Å². The number of aryl methyl sites for hydroxylation is 1.